The molecule has 1 fully saturated rings. The van der Waals surface area contributed by atoms with Gasteiger partial charge in [-0.3, -0.25) is 9.78 Å². The number of carboxylic acid groups (broad SMARTS) is 1. The third-order valence-corrected chi connectivity index (χ3v) is 3.24. The van der Waals surface area contributed by atoms with Crippen LogP contribution in [0.3, 0.4) is 0 Å². The largest absolute Gasteiger partial charge is 0.478 e. The topological polar surface area (TPSA) is 101 Å². The Bertz CT molecular complexity index is 501. The van der Waals surface area contributed by atoms with Crippen LogP contribution in [0, 0.1) is 0 Å². The fourth-order valence-electron chi connectivity index (χ4n) is 2.13. The van der Waals surface area contributed by atoms with Crippen molar-refractivity contribution >= 4 is 17.6 Å². The predicted molar refractivity (Wildman–Crippen MR) is 76.3 cm³/mol. The van der Waals surface area contributed by atoms with E-state index in [0.717, 1.165) is 25.9 Å². The maximum Gasteiger partial charge on any atom is 0.337 e. The zero-order valence-corrected chi connectivity index (χ0v) is 11.7. The van der Waals surface area contributed by atoms with Crippen LogP contribution in [0.25, 0.3) is 0 Å². The van der Waals surface area contributed by atoms with E-state index in [4.69, 9.17) is 9.84 Å². The smallest absolute Gasteiger partial charge is 0.337 e. The maximum absolute atomic E-state index is 11.8. The number of pyridine rings is 1. The van der Waals surface area contributed by atoms with Gasteiger partial charge in [0.2, 0.25) is 5.91 Å². The lowest BCUT2D eigenvalue weighted by atomic mass is 10.1. The van der Waals surface area contributed by atoms with Crippen LogP contribution in [0.5, 0.6) is 0 Å². The monoisotopic (exact) mass is 293 g/mol. The molecule has 3 N–H and O–H groups in total. The normalized spacial score (nSPS) is 15.6. The van der Waals surface area contributed by atoms with E-state index in [0.29, 0.717) is 12.3 Å². The summed E-state index contributed by atoms with van der Waals surface area (Å²) < 4.78 is 5.64. The van der Waals surface area contributed by atoms with E-state index in [1.807, 2.05) is 0 Å². The minimum Gasteiger partial charge on any atom is -0.478 e. The number of hydrogen-bond donors (Lipinski definition) is 3. The average molecular weight is 293 g/mol. The molecule has 0 unspecified atom stereocenters. The Morgan fingerprint density at radius 3 is 2.86 bits per heavy atom. The molecule has 0 spiro atoms. The first-order chi connectivity index (χ1) is 10.1. The van der Waals surface area contributed by atoms with E-state index in [1.54, 1.807) is 0 Å². The molecule has 0 aromatic carbocycles. The Hall–Kier alpha value is -1.99. The number of nitrogens with zero attached hydrogens (tertiary/aromatic N) is 1. The van der Waals surface area contributed by atoms with Crippen LogP contribution in [0.15, 0.2) is 18.5 Å². The molecule has 0 saturated carbocycles. The molecular weight excluding hydrogens is 274 g/mol. The summed E-state index contributed by atoms with van der Waals surface area (Å²) in [6.45, 7) is 2.26. The fourth-order valence-corrected chi connectivity index (χ4v) is 2.13. The van der Waals surface area contributed by atoms with Crippen molar-refractivity contribution in [2.75, 3.05) is 25.0 Å². The zero-order valence-electron chi connectivity index (χ0n) is 11.7. The number of amides is 1. The Morgan fingerprint density at radius 1 is 1.38 bits per heavy atom. The van der Waals surface area contributed by atoms with Gasteiger partial charge in [-0.2, -0.15) is 0 Å². The molecule has 0 bridgehead atoms. The summed E-state index contributed by atoms with van der Waals surface area (Å²) >= 11 is 0. The number of carbonyl (C=O) groups is 2. The highest BCUT2D eigenvalue weighted by atomic mass is 16.5. The number of rotatable bonds is 6. The third-order valence-electron chi connectivity index (χ3n) is 3.24. The lowest BCUT2D eigenvalue weighted by Gasteiger charge is -2.22. The fraction of sp³-hybridized carbons (Fsp3) is 0.500. The standard InChI is InChI=1S/C14H19N3O4/c18-13(3-6-21-12-1-4-15-5-2-12)17-11-7-10(14(19)20)8-16-9-11/h7-9,12,15H,1-6H2,(H,17,18)(H,19,20). The molecule has 1 aliphatic rings. The SMILES string of the molecule is O=C(CCOC1CCNCC1)Nc1cncc(C(=O)O)c1. The van der Waals surface area contributed by atoms with E-state index in [2.05, 4.69) is 15.6 Å². The Kier molecular flexibility index (Phi) is 5.65. The number of aromatic carboxylic acids is 1. The van der Waals surface area contributed by atoms with Crippen molar-refractivity contribution in [1.29, 1.82) is 0 Å². The van der Waals surface area contributed by atoms with Gasteiger partial charge in [0.1, 0.15) is 0 Å². The van der Waals surface area contributed by atoms with Gasteiger partial charge in [0.25, 0.3) is 0 Å². The van der Waals surface area contributed by atoms with Crippen molar-refractivity contribution in [3.8, 4) is 0 Å². The van der Waals surface area contributed by atoms with Crippen LogP contribution in [-0.2, 0) is 9.53 Å². The van der Waals surface area contributed by atoms with Gasteiger partial charge in [-0.1, -0.05) is 0 Å². The van der Waals surface area contributed by atoms with Gasteiger partial charge < -0.3 is 20.5 Å². The van der Waals surface area contributed by atoms with Crippen LogP contribution >= 0.6 is 0 Å². The highest BCUT2D eigenvalue weighted by Crippen LogP contribution is 2.10. The molecule has 1 saturated heterocycles. The molecule has 1 aromatic heterocycles. The lowest BCUT2D eigenvalue weighted by Crippen LogP contribution is -2.33. The number of nitrogens with one attached hydrogen (secondary N) is 2. The average Bonchev–Trinajstić information content (AvgIpc) is 2.48. The van der Waals surface area contributed by atoms with Crippen LogP contribution in [0.4, 0.5) is 5.69 Å². The van der Waals surface area contributed by atoms with E-state index in [1.165, 1.54) is 18.5 Å². The first-order valence-electron chi connectivity index (χ1n) is 6.95. The molecule has 21 heavy (non-hydrogen) atoms. The molecule has 1 aromatic rings. The summed E-state index contributed by atoms with van der Waals surface area (Å²) in [6, 6.07) is 1.38. The second-order valence-electron chi connectivity index (χ2n) is 4.89. The lowest BCUT2D eigenvalue weighted by molar-refractivity contribution is -0.117. The van der Waals surface area contributed by atoms with Gasteiger partial charge in [-0.15, -0.1) is 0 Å². The number of carboxylic acids is 1. The maximum atomic E-state index is 11.8. The van der Waals surface area contributed by atoms with Crippen molar-refractivity contribution < 1.29 is 19.4 Å². The van der Waals surface area contributed by atoms with E-state index in [-0.39, 0.29) is 24.0 Å². The molecule has 2 rings (SSSR count). The van der Waals surface area contributed by atoms with E-state index in [9.17, 15) is 9.59 Å². The molecule has 0 atom stereocenters. The van der Waals surface area contributed by atoms with Crippen molar-refractivity contribution in [2.45, 2.75) is 25.4 Å². The van der Waals surface area contributed by atoms with Gasteiger partial charge >= 0.3 is 5.97 Å². The van der Waals surface area contributed by atoms with E-state index < -0.39 is 5.97 Å². The Labute approximate surface area is 122 Å². The highest BCUT2D eigenvalue weighted by Gasteiger charge is 2.14. The first-order valence-corrected chi connectivity index (χ1v) is 6.95. The van der Waals surface area contributed by atoms with Crippen LogP contribution in [-0.4, -0.2) is 47.8 Å². The molecule has 0 aliphatic carbocycles. The van der Waals surface area contributed by atoms with Crippen molar-refractivity contribution in [3.63, 3.8) is 0 Å². The second-order valence-corrected chi connectivity index (χ2v) is 4.89. The van der Waals surface area contributed by atoms with Crippen LogP contribution in [0.1, 0.15) is 29.6 Å². The van der Waals surface area contributed by atoms with Gasteiger partial charge in [0.15, 0.2) is 0 Å². The summed E-state index contributed by atoms with van der Waals surface area (Å²) in [4.78, 5) is 26.3. The number of carbonyl (C=O) groups excluding carboxylic acids is 1. The van der Waals surface area contributed by atoms with E-state index >= 15 is 0 Å². The van der Waals surface area contributed by atoms with Crippen LogP contribution in [0.2, 0.25) is 0 Å². The number of anilines is 1. The summed E-state index contributed by atoms with van der Waals surface area (Å²) in [7, 11) is 0. The molecule has 114 valence electrons. The number of aromatic nitrogens is 1. The Morgan fingerprint density at radius 2 is 2.14 bits per heavy atom. The Balaban J connectivity index is 1.73. The molecule has 1 amide bonds. The summed E-state index contributed by atoms with van der Waals surface area (Å²) in [5.41, 5.74) is 0.417. The molecule has 7 heteroatoms. The third kappa shape index (κ3) is 5.13. The van der Waals surface area contributed by atoms with Crippen molar-refractivity contribution in [1.82, 2.24) is 10.3 Å². The number of ether oxygens (including phenoxy) is 1. The molecule has 7 nitrogen and oxygen atoms in total. The van der Waals surface area contributed by atoms with Gasteiger partial charge in [0, 0.05) is 6.20 Å². The number of piperidine rings is 1. The quantitative estimate of drug-likeness (QED) is 0.720. The minimum atomic E-state index is -1.08. The van der Waals surface area contributed by atoms with Crippen molar-refractivity contribution in [2.24, 2.45) is 0 Å². The molecule has 1 aliphatic heterocycles. The molecule has 0 radical (unpaired) electrons. The highest BCUT2D eigenvalue weighted by molar-refractivity contribution is 5.93. The number of hydrogen-bond acceptors (Lipinski definition) is 5. The zero-order chi connectivity index (χ0) is 15.1. The van der Waals surface area contributed by atoms with Crippen LogP contribution < -0.4 is 10.6 Å². The minimum absolute atomic E-state index is 0.0405. The second kappa shape index (κ2) is 7.70. The van der Waals surface area contributed by atoms with Gasteiger partial charge in [-0.05, 0) is 32.0 Å². The summed E-state index contributed by atoms with van der Waals surface area (Å²) in [6.07, 6.45) is 5.03. The first kappa shape index (κ1) is 15.4. The molecular formula is C14H19N3O4. The molecule has 2 heterocycles. The van der Waals surface area contributed by atoms with Gasteiger partial charge in [0.05, 0.1) is 36.6 Å². The van der Waals surface area contributed by atoms with Gasteiger partial charge in [-0.25, -0.2) is 4.79 Å². The van der Waals surface area contributed by atoms with Crippen molar-refractivity contribution in [3.05, 3.63) is 24.0 Å². The summed E-state index contributed by atoms with van der Waals surface area (Å²) in [5, 5.41) is 14.7. The predicted octanol–water partition coefficient (Wildman–Crippen LogP) is 0.877. The summed E-state index contributed by atoms with van der Waals surface area (Å²) in [5.74, 6) is -1.29.